The summed E-state index contributed by atoms with van der Waals surface area (Å²) in [4.78, 5) is 3.91. The number of aromatic nitrogens is 1. The summed E-state index contributed by atoms with van der Waals surface area (Å²) in [6.45, 7) is 0. The van der Waals surface area contributed by atoms with E-state index < -0.39 is 24.4 Å². The minimum absolute atomic E-state index is 0.121. The zero-order valence-electron chi connectivity index (χ0n) is 7.11. The van der Waals surface area contributed by atoms with Gasteiger partial charge in [0, 0.05) is 0 Å². The summed E-state index contributed by atoms with van der Waals surface area (Å²) in [5.41, 5.74) is -1.81. The van der Waals surface area contributed by atoms with Gasteiger partial charge in [-0.3, -0.25) is 0 Å². The third-order valence-corrected chi connectivity index (χ3v) is 2.85. The second-order valence-corrected chi connectivity index (χ2v) is 4.63. The summed E-state index contributed by atoms with van der Waals surface area (Å²) < 4.78 is 39.5. The molecule has 0 amide bonds. The van der Waals surface area contributed by atoms with E-state index in [0.717, 1.165) is 0 Å². The maximum absolute atomic E-state index is 13.8. The van der Waals surface area contributed by atoms with E-state index in [-0.39, 0.29) is 5.69 Å². The lowest BCUT2D eigenvalue weighted by molar-refractivity contribution is -0.176. The molecular formula is C9H7F3IN. The first-order chi connectivity index (χ1) is 6.41. The fourth-order valence-electron chi connectivity index (χ4n) is 1.61. The summed E-state index contributed by atoms with van der Waals surface area (Å²) in [6.07, 6.45) is -1.49. The molecule has 1 aromatic rings. The first kappa shape index (κ1) is 10.2. The van der Waals surface area contributed by atoms with Crippen molar-refractivity contribution in [3.63, 3.8) is 0 Å². The zero-order chi connectivity index (χ0) is 10.4. The predicted octanol–water partition coefficient (Wildman–Crippen LogP) is 3.28. The molecule has 0 aliphatic heterocycles. The molecule has 0 bridgehead atoms. The Morgan fingerprint density at radius 3 is 2.36 bits per heavy atom. The standard InChI is InChI=1S/C9H7F3IN/c10-8(4-9(11,12)5-8)6-2-1-3-7(13)14-6/h1-3H,4-5H2. The van der Waals surface area contributed by atoms with Crippen molar-refractivity contribution >= 4 is 22.6 Å². The molecule has 1 nitrogen and oxygen atoms in total. The van der Waals surface area contributed by atoms with Crippen molar-refractivity contribution in [1.29, 1.82) is 0 Å². The van der Waals surface area contributed by atoms with Crippen LogP contribution in [0.4, 0.5) is 13.2 Å². The fourth-order valence-corrected chi connectivity index (χ4v) is 2.07. The second-order valence-electron chi connectivity index (χ2n) is 3.52. The number of hydrogen-bond acceptors (Lipinski definition) is 1. The van der Waals surface area contributed by atoms with Crippen molar-refractivity contribution in [3.05, 3.63) is 27.6 Å². The lowest BCUT2D eigenvalue weighted by Crippen LogP contribution is -2.46. The first-order valence-electron chi connectivity index (χ1n) is 4.11. The van der Waals surface area contributed by atoms with Crippen LogP contribution in [0.25, 0.3) is 0 Å². The minimum atomic E-state index is -2.86. The molecule has 1 aromatic heterocycles. The van der Waals surface area contributed by atoms with Crippen molar-refractivity contribution in [2.75, 3.05) is 0 Å². The highest BCUT2D eigenvalue weighted by Crippen LogP contribution is 2.53. The van der Waals surface area contributed by atoms with E-state index in [9.17, 15) is 13.2 Å². The first-order valence-corrected chi connectivity index (χ1v) is 5.19. The molecule has 0 atom stereocenters. The molecule has 5 heteroatoms. The van der Waals surface area contributed by atoms with Gasteiger partial charge in [-0.25, -0.2) is 18.2 Å². The van der Waals surface area contributed by atoms with Crippen LogP contribution in [0.3, 0.4) is 0 Å². The van der Waals surface area contributed by atoms with E-state index in [1.165, 1.54) is 6.07 Å². The van der Waals surface area contributed by atoms with Crippen LogP contribution in [0.15, 0.2) is 18.2 Å². The van der Waals surface area contributed by atoms with E-state index >= 15 is 0 Å². The summed E-state index contributed by atoms with van der Waals surface area (Å²) in [5, 5.41) is 0. The Labute approximate surface area is 92.9 Å². The van der Waals surface area contributed by atoms with Gasteiger partial charge in [0.25, 0.3) is 5.92 Å². The molecule has 1 fully saturated rings. The molecule has 2 rings (SSSR count). The average molecular weight is 313 g/mol. The molecule has 1 heterocycles. The molecule has 0 radical (unpaired) electrons. The molecule has 0 aromatic carbocycles. The number of halogens is 4. The normalized spacial score (nSPS) is 22.9. The van der Waals surface area contributed by atoms with Gasteiger partial charge >= 0.3 is 0 Å². The topological polar surface area (TPSA) is 12.9 Å². The summed E-state index contributed by atoms with van der Waals surface area (Å²) >= 11 is 1.93. The highest BCUT2D eigenvalue weighted by atomic mass is 127. The molecule has 0 N–H and O–H groups in total. The second kappa shape index (κ2) is 3.08. The van der Waals surface area contributed by atoms with Crippen LogP contribution in [0.5, 0.6) is 0 Å². The molecular weight excluding hydrogens is 306 g/mol. The van der Waals surface area contributed by atoms with Crippen molar-refractivity contribution in [3.8, 4) is 0 Å². The number of nitrogens with zero attached hydrogens (tertiary/aromatic N) is 1. The number of pyridine rings is 1. The third kappa shape index (κ3) is 1.74. The van der Waals surface area contributed by atoms with Gasteiger partial charge in [-0.15, -0.1) is 0 Å². The number of hydrogen-bond donors (Lipinski definition) is 0. The number of rotatable bonds is 1. The Balaban J connectivity index is 2.25. The van der Waals surface area contributed by atoms with Crippen LogP contribution in [0.2, 0.25) is 0 Å². The Hall–Kier alpha value is -0.330. The Morgan fingerprint density at radius 2 is 1.86 bits per heavy atom. The van der Waals surface area contributed by atoms with E-state index in [1.54, 1.807) is 12.1 Å². The van der Waals surface area contributed by atoms with Crippen LogP contribution in [0.1, 0.15) is 18.5 Å². The molecule has 1 aliphatic carbocycles. The smallest absolute Gasteiger partial charge is 0.243 e. The van der Waals surface area contributed by atoms with Crippen molar-refractivity contribution in [2.45, 2.75) is 24.4 Å². The van der Waals surface area contributed by atoms with Gasteiger partial charge in [-0.05, 0) is 34.7 Å². The van der Waals surface area contributed by atoms with Crippen molar-refractivity contribution < 1.29 is 13.2 Å². The zero-order valence-corrected chi connectivity index (χ0v) is 9.26. The SMILES string of the molecule is FC1(F)CC(F)(c2cccc(I)n2)C1. The van der Waals surface area contributed by atoms with Crippen LogP contribution in [-0.2, 0) is 5.67 Å². The van der Waals surface area contributed by atoms with Gasteiger partial charge in [0.05, 0.1) is 18.5 Å². The molecule has 0 spiro atoms. The van der Waals surface area contributed by atoms with Crippen molar-refractivity contribution in [2.24, 2.45) is 0 Å². The van der Waals surface area contributed by atoms with Crippen LogP contribution >= 0.6 is 22.6 Å². The predicted molar refractivity (Wildman–Crippen MR) is 53.9 cm³/mol. The lowest BCUT2D eigenvalue weighted by atomic mass is 9.76. The summed E-state index contributed by atoms with van der Waals surface area (Å²) in [5.74, 6) is -2.86. The maximum Gasteiger partial charge on any atom is 0.255 e. The monoisotopic (exact) mass is 313 g/mol. The van der Waals surface area contributed by atoms with Crippen LogP contribution in [0, 0.1) is 3.70 Å². The van der Waals surface area contributed by atoms with Gasteiger partial charge in [0.15, 0.2) is 5.67 Å². The Morgan fingerprint density at radius 1 is 1.21 bits per heavy atom. The highest BCUT2D eigenvalue weighted by molar-refractivity contribution is 14.1. The number of alkyl halides is 3. The van der Waals surface area contributed by atoms with Gasteiger partial charge in [-0.2, -0.15) is 0 Å². The third-order valence-electron chi connectivity index (χ3n) is 2.25. The van der Waals surface area contributed by atoms with Crippen molar-refractivity contribution in [1.82, 2.24) is 4.98 Å². The van der Waals surface area contributed by atoms with Crippen LogP contribution in [-0.4, -0.2) is 10.9 Å². The van der Waals surface area contributed by atoms with E-state index in [0.29, 0.717) is 3.70 Å². The molecule has 76 valence electrons. The van der Waals surface area contributed by atoms with Gasteiger partial charge in [-0.1, -0.05) is 6.07 Å². The summed E-state index contributed by atoms with van der Waals surface area (Å²) in [6, 6.07) is 4.78. The Kier molecular flexibility index (Phi) is 2.24. The van der Waals surface area contributed by atoms with E-state index in [4.69, 9.17) is 0 Å². The van der Waals surface area contributed by atoms with E-state index in [2.05, 4.69) is 4.98 Å². The molecule has 1 aliphatic rings. The average Bonchev–Trinajstić information content (AvgIpc) is 2.00. The van der Waals surface area contributed by atoms with E-state index in [1.807, 2.05) is 22.6 Å². The molecule has 1 saturated carbocycles. The van der Waals surface area contributed by atoms with Gasteiger partial charge < -0.3 is 0 Å². The fraction of sp³-hybridized carbons (Fsp3) is 0.444. The highest BCUT2D eigenvalue weighted by Gasteiger charge is 2.59. The van der Waals surface area contributed by atoms with Gasteiger partial charge in [0.1, 0.15) is 3.70 Å². The maximum atomic E-state index is 13.8. The molecule has 0 unspecified atom stereocenters. The minimum Gasteiger partial charge on any atom is -0.243 e. The van der Waals surface area contributed by atoms with Gasteiger partial charge in [0.2, 0.25) is 0 Å². The molecule has 0 saturated heterocycles. The molecule has 14 heavy (non-hydrogen) atoms. The lowest BCUT2D eigenvalue weighted by Gasteiger charge is -2.40. The van der Waals surface area contributed by atoms with Crippen LogP contribution < -0.4 is 0 Å². The quantitative estimate of drug-likeness (QED) is 0.573. The largest absolute Gasteiger partial charge is 0.255 e. The summed E-state index contributed by atoms with van der Waals surface area (Å²) in [7, 11) is 0. The Bertz CT molecular complexity index is 359.